The molecule has 0 saturated carbocycles. The van der Waals surface area contributed by atoms with Crippen molar-refractivity contribution in [3.8, 4) is 11.1 Å². The second-order valence-electron chi connectivity index (χ2n) is 9.48. The Morgan fingerprint density at radius 3 is 2.70 bits per heavy atom. The van der Waals surface area contributed by atoms with Crippen molar-refractivity contribution >= 4 is 35.4 Å². The summed E-state index contributed by atoms with van der Waals surface area (Å²) in [5.41, 5.74) is 3.29. The zero-order chi connectivity index (χ0) is 26.2. The second kappa shape index (κ2) is 12.3. The molecular formula is C28H36N8O. The monoisotopic (exact) mass is 500 g/mol. The summed E-state index contributed by atoms with van der Waals surface area (Å²) in [4.78, 5) is 30.3. The summed E-state index contributed by atoms with van der Waals surface area (Å²) >= 11 is 0. The Morgan fingerprint density at radius 1 is 1.19 bits per heavy atom. The average Bonchev–Trinajstić information content (AvgIpc) is 3.33. The van der Waals surface area contributed by atoms with Crippen molar-refractivity contribution in [2.45, 2.75) is 25.8 Å². The van der Waals surface area contributed by atoms with Crippen LogP contribution in [0.1, 0.15) is 30.1 Å². The van der Waals surface area contributed by atoms with Crippen LogP contribution in [0.4, 0.5) is 23.1 Å². The molecule has 3 heterocycles. The number of aromatic nitrogens is 2. The van der Waals surface area contributed by atoms with E-state index in [0.717, 1.165) is 41.5 Å². The van der Waals surface area contributed by atoms with E-state index in [1.54, 1.807) is 19.6 Å². The molecule has 3 N–H and O–H groups in total. The first kappa shape index (κ1) is 26.1. The summed E-state index contributed by atoms with van der Waals surface area (Å²) in [6.07, 6.45) is 5.78. The van der Waals surface area contributed by atoms with E-state index in [0.29, 0.717) is 24.0 Å². The molecule has 2 aromatic heterocycles. The van der Waals surface area contributed by atoms with Crippen molar-refractivity contribution in [1.82, 2.24) is 20.2 Å². The Bertz CT molecular complexity index is 1230. The van der Waals surface area contributed by atoms with E-state index in [2.05, 4.69) is 43.8 Å². The van der Waals surface area contributed by atoms with E-state index in [-0.39, 0.29) is 5.91 Å². The molecule has 9 nitrogen and oxygen atoms in total. The zero-order valence-corrected chi connectivity index (χ0v) is 22.0. The summed E-state index contributed by atoms with van der Waals surface area (Å²) in [6, 6.07) is 16.1. The lowest BCUT2D eigenvalue weighted by atomic mass is 10.0. The molecule has 37 heavy (non-hydrogen) atoms. The molecular weight excluding hydrogens is 464 g/mol. The number of nitrogens with one attached hydrogen (secondary N) is 3. The van der Waals surface area contributed by atoms with Gasteiger partial charge < -0.3 is 25.8 Å². The molecule has 0 bridgehead atoms. The fourth-order valence-electron chi connectivity index (χ4n) is 4.33. The highest BCUT2D eigenvalue weighted by Gasteiger charge is 2.21. The van der Waals surface area contributed by atoms with Gasteiger partial charge in [0.2, 0.25) is 0 Å². The average molecular weight is 501 g/mol. The highest BCUT2D eigenvalue weighted by atomic mass is 16.1. The van der Waals surface area contributed by atoms with Crippen LogP contribution in [0, 0.1) is 0 Å². The number of benzene rings is 1. The minimum atomic E-state index is -0.0782. The third-order valence-electron chi connectivity index (χ3n) is 6.39. The first-order chi connectivity index (χ1) is 17.9. The number of hydrogen-bond acceptors (Lipinski definition) is 7. The summed E-state index contributed by atoms with van der Waals surface area (Å²) in [5, 5.41) is 9.52. The number of pyridine rings is 2. The third-order valence-corrected chi connectivity index (χ3v) is 6.39. The number of rotatable bonds is 10. The maximum absolute atomic E-state index is 12.4. The first-order valence-electron chi connectivity index (χ1n) is 12.7. The van der Waals surface area contributed by atoms with Gasteiger partial charge >= 0.3 is 0 Å². The lowest BCUT2D eigenvalue weighted by molar-refractivity contribution is 0.0951. The molecule has 194 valence electrons. The van der Waals surface area contributed by atoms with Crippen molar-refractivity contribution in [2.24, 2.45) is 4.99 Å². The lowest BCUT2D eigenvalue weighted by Gasteiger charge is -2.23. The van der Waals surface area contributed by atoms with Crippen molar-refractivity contribution in [3.63, 3.8) is 0 Å². The topological polar surface area (TPSA) is 97.8 Å². The number of likely N-dealkylation sites (N-methyl/N-ethyl adjacent to an activating group) is 1. The van der Waals surface area contributed by atoms with Gasteiger partial charge in [0.05, 0.1) is 12.0 Å². The van der Waals surface area contributed by atoms with Gasteiger partial charge in [0.1, 0.15) is 11.6 Å². The van der Waals surface area contributed by atoms with Crippen LogP contribution < -0.4 is 20.9 Å². The minimum absolute atomic E-state index is 0.0782. The van der Waals surface area contributed by atoms with Crippen molar-refractivity contribution in [2.75, 3.05) is 56.3 Å². The SMILES string of the molecule is CN=CNc1ncc(-c2ccc(C(=O)NCCN(C)C)cc2)cc1Nc1cccc(N2CCCC2C)n1. The molecule has 1 fully saturated rings. The number of amides is 1. The Morgan fingerprint density at radius 2 is 2.00 bits per heavy atom. The van der Waals surface area contributed by atoms with Crippen LogP contribution in [-0.2, 0) is 0 Å². The Labute approximate surface area is 219 Å². The number of carbonyl (C=O) groups excluding carboxylic acids is 1. The molecule has 0 spiro atoms. The molecule has 4 rings (SSSR count). The molecule has 0 aliphatic carbocycles. The first-order valence-corrected chi connectivity index (χ1v) is 12.7. The highest BCUT2D eigenvalue weighted by molar-refractivity contribution is 5.94. The number of aliphatic imine (C=N–C) groups is 1. The molecule has 1 aliphatic rings. The van der Waals surface area contributed by atoms with Gasteiger partial charge in [-0.05, 0) is 69.8 Å². The Kier molecular flexibility index (Phi) is 8.68. The predicted octanol–water partition coefficient (Wildman–Crippen LogP) is 4.24. The van der Waals surface area contributed by atoms with Gasteiger partial charge in [-0.1, -0.05) is 18.2 Å². The molecule has 9 heteroatoms. The fraction of sp³-hybridized carbons (Fsp3) is 0.357. The molecule has 1 aromatic carbocycles. The van der Waals surface area contributed by atoms with Gasteiger partial charge in [-0.3, -0.25) is 9.79 Å². The summed E-state index contributed by atoms with van der Waals surface area (Å²) < 4.78 is 0. The Balaban J connectivity index is 1.55. The quantitative estimate of drug-likeness (QED) is 0.283. The molecule has 1 saturated heterocycles. The summed E-state index contributed by atoms with van der Waals surface area (Å²) in [7, 11) is 5.67. The fourth-order valence-corrected chi connectivity index (χ4v) is 4.33. The van der Waals surface area contributed by atoms with Crippen molar-refractivity contribution < 1.29 is 4.79 Å². The van der Waals surface area contributed by atoms with Crippen LogP contribution >= 0.6 is 0 Å². The highest BCUT2D eigenvalue weighted by Crippen LogP contribution is 2.30. The van der Waals surface area contributed by atoms with E-state index in [1.807, 2.05) is 61.5 Å². The van der Waals surface area contributed by atoms with Crippen molar-refractivity contribution in [3.05, 3.63) is 60.3 Å². The number of carbonyl (C=O) groups is 1. The maximum Gasteiger partial charge on any atom is 0.251 e. The van der Waals surface area contributed by atoms with Gasteiger partial charge in [0.15, 0.2) is 5.82 Å². The van der Waals surface area contributed by atoms with Gasteiger partial charge in [-0.15, -0.1) is 0 Å². The molecule has 1 aliphatic heterocycles. The van der Waals surface area contributed by atoms with E-state index in [1.165, 1.54) is 12.8 Å². The largest absolute Gasteiger partial charge is 0.354 e. The molecule has 0 radical (unpaired) electrons. The van der Waals surface area contributed by atoms with E-state index < -0.39 is 0 Å². The van der Waals surface area contributed by atoms with Gasteiger partial charge in [-0.2, -0.15) is 0 Å². The lowest BCUT2D eigenvalue weighted by Crippen LogP contribution is -2.31. The smallest absolute Gasteiger partial charge is 0.251 e. The second-order valence-corrected chi connectivity index (χ2v) is 9.48. The van der Waals surface area contributed by atoms with Crippen LogP contribution in [-0.4, -0.2) is 73.9 Å². The molecule has 1 atom stereocenters. The minimum Gasteiger partial charge on any atom is -0.354 e. The number of nitrogens with zero attached hydrogens (tertiary/aromatic N) is 5. The van der Waals surface area contributed by atoms with E-state index in [4.69, 9.17) is 4.98 Å². The van der Waals surface area contributed by atoms with E-state index in [9.17, 15) is 4.79 Å². The standard InChI is InChI=1S/C28H36N8O/c1-20-7-6-15-36(20)26-9-5-8-25(34-26)33-24-17-23(18-31-27(24)32-19-29-2)21-10-12-22(13-11-21)28(37)30-14-16-35(3)4/h5,8-13,17-20H,6-7,14-16H2,1-4H3,(H,30,37)(H,33,34)(H,29,31,32). The summed E-state index contributed by atoms with van der Waals surface area (Å²) in [6.45, 7) is 4.67. The number of anilines is 4. The Hall–Kier alpha value is -3.98. The maximum atomic E-state index is 12.4. The predicted molar refractivity (Wildman–Crippen MR) is 152 cm³/mol. The van der Waals surface area contributed by atoms with Crippen LogP contribution in [0.3, 0.4) is 0 Å². The molecule has 1 amide bonds. The van der Waals surface area contributed by atoms with Gasteiger partial charge in [0.25, 0.3) is 5.91 Å². The molecule has 1 unspecified atom stereocenters. The number of hydrogen-bond donors (Lipinski definition) is 3. The van der Waals surface area contributed by atoms with Crippen LogP contribution in [0.2, 0.25) is 0 Å². The normalized spacial score (nSPS) is 15.4. The van der Waals surface area contributed by atoms with Crippen LogP contribution in [0.25, 0.3) is 11.1 Å². The van der Waals surface area contributed by atoms with Crippen LogP contribution in [0.15, 0.2) is 59.7 Å². The molecule has 3 aromatic rings. The third kappa shape index (κ3) is 6.83. The zero-order valence-electron chi connectivity index (χ0n) is 22.0. The summed E-state index contributed by atoms with van der Waals surface area (Å²) in [5.74, 6) is 2.29. The van der Waals surface area contributed by atoms with Crippen LogP contribution in [0.5, 0.6) is 0 Å². The van der Waals surface area contributed by atoms with Gasteiger partial charge in [-0.25, -0.2) is 9.97 Å². The van der Waals surface area contributed by atoms with E-state index >= 15 is 0 Å². The van der Waals surface area contributed by atoms with Gasteiger partial charge in [0, 0.05) is 50.0 Å². The van der Waals surface area contributed by atoms with Crippen molar-refractivity contribution in [1.29, 1.82) is 0 Å².